The lowest BCUT2D eigenvalue weighted by Gasteiger charge is -2.20. The molecular formula is C22H26N2O6S. The third-order valence-corrected chi connectivity index (χ3v) is 6.98. The fraction of sp³-hybridized carbons (Fsp3) is 0.364. The van der Waals surface area contributed by atoms with Gasteiger partial charge in [-0.15, -0.1) is 0 Å². The monoisotopic (exact) mass is 446 g/mol. The number of amides is 1. The first-order valence-electron chi connectivity index (χ1n) is 10.1. The number of methoxy groups -OCH3 is 1. The minimum Gasteiger partial charge on any atom is -0.465 e. The van der Waals surface area contributed by atoms with Gasteiger partial charge >= 0.3 is 5.97 Å². The average Bonchev–Trinajstić information content (AvgIpc) is 2.94. The Morgan fingerprint density at radius 1 is 1.10 bits per heavy atom. The number of furan rings is 1. The largest absolute Gasteiger partial charge is 0.465 e. The van der Waals surface area contributed by atoms with Gasteiger partial charge in [0.15, 0.2) is 0 Å². The van der Waals surface area contributed by atoms with Gasteiger partial charge in [0, 0.05) is 24.9 Å². The van der Waals surface area contributed by atoms with Crippen LogP contribution in [0.25, 0.3) is 6.08 Å². The van der Waals surface area contributed by atoms with E-state index >= 15 is 0 Å². The number of hydrogen-bond acceptors (Lipinski definition) is 6. The highest BCUT2D eigenvalue weighted by molar-refractivity contribution is 7.89. The van der Waals surface area contributed by atoms with Crippen molar-refractivity contribution in [3.8, 4) is 0 Å². The lowest BCUT2D eigenvalue weighted by Crippen LogP contribution is -2.31. The summed E-state index contributed by atoms with van der Waals surface area (Å²) in [4.78, 5) is 24.0. The molecule has 1 aromatic heterocycles. The first-order valence-corrected chi connectivity index (χ1v) is 11.5. The van der Waals surface area contributed by atoms with E-state index in [-0.39, 0.29) is 4.90 Å². The van der Waals surface area contributed by atoms with Crippen molar-refractivity contribution < 1.29 is 27.2 Å². The van der Waals surface area contributed by atoms with Gasteiger partial charge in [0.25, 0.3) is 0 Å². The van der Waals surface area contributed by atoms with Crippen LogP contribution in [0.4, 0.5) is 5.69 Å². The Labute approximate surface area is 181 Å². The molecule has 1 aliphatic heterocycles. The third kappa shape index (κ3) is 5.62. The standard InChI is InChI=1S/C22H26N2O6S/c1-16-20(22(26)29-2)15-18(30-16)9-12-21(25)23-17-7-10-19(11-8-17)31(27,28)24-13-5-3-4-6-14-24/h7-12,15H,3-6,13-14H2,1-2H3,(H,23,25)/b12-9+. The van der Waals surface area contributed by atoms with Crippen LogP contribution < -0.4 is 5.32 Å². The molecule has 166 valence electrons. The summed E-state index contributed by atoms with van der Waals surface area (Å²) in [7, 11) is -2.25. The number of sulfonamides is 1. The summed E-state index contributed by atoms with van der Waals surface area (Å²) in [5.41, 5.74) is 0.763. The molecule has 2 aromatic rings. The number of aryl methyl sites for hydroxylation is 1. The fourth-order valence-corrected chi connectivity index (χ4v) is 4.90. The maximum atomic E-state index is 12.8. The van der Waals surface area contributed by atoms with Crippen LogP contribution in [-0.4, -0.2) is 44.8 Å². The van der Waals surface area contributed by atoms with E-state index in [0.29, 0.717) is 35.9 Å². The van der Waals surface area contributed by atoms with Crippen molar-refractivity contribution in [1.29, 1.82) is 0 Å². The quantitative estimate of drug-likeness (QED) is 0.537. The highest BCUT2D eigenvalue weighted by Crippen LogP contribution is 2.22. The first kappa shape index (κ1) is 22.8. The van der Waals surface area contributed by atoms with Crippen LogP contribution >= 0.6 is 0 Å². The SMILES string of the molecule is COC(=O)c1cc(/C=C/C(=O)Nc2ccc(S(=O)(=O)N3CCCCCC3)cc2)oc1C. The molecule has 1 fully saturated rings. The average molecular weight is 447 g/mol. The molecule has 0 spiro atoms. The lowest BCUT2D eigenvalue weighted by atomic mass is 10.2. The molecule has 0 aliphatic carbocycles. The molecule has 2 heterocycles. The normalized spacial score (nSPS) is 15.5. The number of rotatable bonds is 6. The van der Waals surface area contributed by atoms with Crippen LogP contribution in [0.1, 0.15) is 47.6 Å². The van der Waals surface area contributed by atoms with Crippen molar-refractivity contribution in [2.24, 2.45) is 0 Å². The molecule has 0 radical (unpaired) electrons. The van der Waals surface area contributed by atoms with Gasteiger partial charge in [-0.2, -0.15) is 4.31 Å². The summed E-state index contributed by atoms with van der Waals surface area (Å²) in [6, 6.07) is 7.61. The van der Waals surface area contributed by atoms with Crippen molar-refractivity contribution in [3.63, 3.8) is 0 Å². The van der Waals surface area contributed by atoms with E-state index in [4.69, 9.17) is 4.42 Å². The summed E-state index contributed by atoms with van der Waals surface area (Å²) in [6.07, 6.45) is 6.54. The zero-order valence-electron chi connectivity index (χ0n) is 17.6. The summed E-state index contributed by atoms with van der Waals surface area (Å²) in [5.74, 6) is -0.197. The van der Waals surface area contributed by atoms with Crippen LogP contribution in [0.3, 0.4) is 0 Å². The highest BCUT2D eigenvalue weighted by atomic mass is 32.2. The molecule has 9 heteroatoms. The van der Waals surface area contributed by atoms with E-state index in [9.17, 15) is 18.0 Å². The van der Waals surface area contributed by atoms with Gasteiger partial charge in [-0.3, -0.25) is 4.79 Å². The Kier molecular flexibility index (Phi) is 7.29. The van der Waals surface area contributed by atoms with Crippen molar-refractivity contribution in [1.82, 2.24) is 4.31 Å². The molecular weight excluding hydrogens is 420 g/mol. The predicted molar refractivity (Wildman–Crippen MR) is 116 cm³/mol. The summed E-state index contributed by atoms with van der Waals surface area (Å²) >= 11 is 0. The molecule has 1 N–H and O–H groups in total. The third-order valence-electron chi connectivity index (χ3n) is 5.07. The smallest absolute Gasteiger partial charge is 0.341 e. The summed E-state index contributed by atoms with van der Waals surface area (Å²) < 4.78 is 37.2. The minimum absolute atomic E-state index is 0.212. The Morgan fingerprint density at radius 3 is 2.35 bits per heavy atom. The second kappa shape index (κ2) is 9.93. The van der Waals surface area contributed by atoms with Gasteiger partial charge in [-0.25, -0.2) is 13.2 Å². The van der Waals surface area contributed by atoms with Crippen LogP contribution in [0.5, 0.6) is 0 Å². The molecule has 1 amide bonds. The number of carbonyl (C=O) groups excluding carboxylic acids is 2. The molecule has 3 rings (SSSR count). The number of benzene rings is 1. The molecule has 0 bridgehead atoms. The number of hydrogen-bond donors (Lipinski definition) is 1. The number of ether oxygens (including phenoxy) is 1. The molecule has 0 saturated carbocycles. The van der Waals surface area contributed by atoms with Crippen molar-refractivity contribution >= 4 is 33.7 Å². The van der Waals surface area contributed by atoms with Crippen molar-refractivity contribution in [3.05, 3.63) is 53.5 Å². The molecule has 8 nitrogen and oxygen atoms in total. The van der Waals surface area contributed by atoms with Crippen LogP contribution in [0, 0.1) is 6.92 Å². The van der Waals surface area contributed by atoms with Crippen LogP contribution in [0.2, 0.25) is 0 Å². The van der Waals surface area contributed by atoms with Gasteiger partial charge in [0.05, 0.1) is 12.0 Å². The predicted octanol–water partition coefficient (Wildman–Crippen LogP) is 3.59. The summed E-state index contributed by atoms with van der Waals surface area (Å²) in [6.45, 7) is 2.70. The van der Waals surface area contributed by atoms with E-state index in [1.807, 2.05) is 0 Å². The fourth-order valence-electron chi connectivity index (χ4n) is 3.38. The van der Waals surface area contributed by atoms with Gasteiger partial charge in [-0.1, -0.05) is 12.8 Å². The van der Waals surface area contributed by atoms with E-state index < -0.39 is 21.9 Å². The highest BCUT2D eigenvalue weighted by Gasteiger charge is 2.25. The maximum absolute atomic E-state index is 12.8. The number of nitrogens with one attached hydrogen (secondary N) is 1. The van der Waals surface area contributed by atoms with Gasteiger partial charge in [0.2, 0.25) is 15.9 Å². The Balaban J connectivity index is 1.63. The number of esters is 1. The van der Waals surface area contributed by atoms with E-state index in [1.54, 1.807) is 19.1 Å². The second-order valence-electron chi connectivity index (χ2n) is 7.28. The van der Waals surface area contributed by atoms with E-state index in [0.717, 1.165) is 25.7 Å². The topological polar surface area (TPSA) is 106 Å². The molecule has 0 unspecified atom stereocenters. The lowest BCUT2D eigenvalue weighted by molar-refractivity contribution is -0.111. The minimum atomic E-state index is -3.53. The van der Waals surface area contributed by atoms with E-state index in [2.05, 4.69) is 10.1 Å². The zero-order chi connectivity index (χ0) is 22.4. The zero-order valence-corrected chi connectivity index (χ0v) is 18.4. The summed E-state index contributed by atoms with van der Waals surface area (Å²) in [5, 5.41) is 2.67. The van der Waals surface area contributed by atoms with Gasteiger partial charge in [0.1, 0.15) is 17.1 Å². The maximum Gasteiger partial charge on any atom is 0.341 e. The molecule has 0 atom stereocenters. The number of nitrogens with zero attached hydrogens (tertiary/aromatic N) is 1. The van der Waals surface area contributed by atoms with Crippen LogP contribution in [0.15, 0.2) is 45.7 Å². The molecule has 31 heavy (non-hydrogen) atoms. The van der Waals surface area contributed by atoms with E-state index in [1.165, 1.54) is 41.8 Å². The molecule has 1 saturated heterocycles. The Hall–Kier alpha value is -2.91. The first-order chi connectivity index (χ1) is 14.8. The molecule has 1 aliphatic rings. The van der Waals surface area contributed by atoms with Crippen molar-refractivity contribution in [2.75, 3.05) is 25.5 Å². The second-order valence-corrected chi connectivity index (χ2v) is 9.21. The van der Waals surface area contributed by atoms with Gasteiger partial charge in [-0.05, 0) is 56.2 Å². The number of anilines is 1. The van der Waals surface area contributed by atoms with Crippen LogP contribution in [-0.2, 0) is 19.6 Å². The number of carbonyl (C=O) groups is 2. The van der Waals surface area contributed by atoms with Gasteiger partial charge < -0.3 is 14.5 Å². The Bertz CT molecular complexity index is 1060. The van der Waals surface area contributed by atoms with Crippen molar-refractivity contribution in [2.45, 2.75) is 37.5 Å². The molecule has 1 aromatic carbocycles. The Morgan fingerprint density at radius 2 is 1.74 bits per heavy atom.